The topological polar surface area (TPSA) is 108 Å². The van der Waals surface area contributed by atoms with Gasteiger partial charge in [0.25, 0.3) is 0 Å². The number of benzene rings is 1. The molecule has 0 amide bonds. The van der Waals surface area contributed by atoms with Crippen LogP contribution in [0.25, 0.3) is 16.7 Å². The average Bonchev–Trinajstić information content (AvgIpc) is 3.34. The zero-order valence-corrected chi connectivity index (χ0v) is 18.4. The molecule has 1 fully saturated rings. The molecule has 1 N–H and O–H groups in total. The van der Waals surface area contributed by atoms with Crippen molar-refractivity contribution in [3.8, 4) is 5.69 Å². The molecule has 1 aliphatic rings. The van der Waals surface area contributed by atoms with E-state index in [1.54, 1.807) is 6.92 Å². The number of nitrogens with zero attached hydrogens (tertiary/aromatic N) is 6. The molecular formula is C17H18F3N7OY-2. The molecule has 12 heteroatoms. The van der Waals surface area contributed by atoms with Crippen LogP contribution in [-0.4, -0.2) is 31.7 Å². The Morgan fingerprint density at radius 1 is 1.17 bits per heavy atom. The van der Waals surface area contributed by atoms with Crippen molar-refractivity contribution in [2.45, 2.75) is 38.4 Å². The number of rotatable bonds is 2. The summed E-state index contributed by atoms with van der Waals surface area (Å²) < 4.78 is 43.2. The van der Waals surface area contributed by atoms with Gasteiger partial charge in [0.1, 0.15) is 0 Å². The van der Waals surface area contributed by atoms with Crippen LogP contribution in [0.3, 0.4) is 0 Å². The molecule has 153 valence electrons. The van der Waals surface area contributed by atoms with Crippen molar-refractivity contribution in [3.05, 3.63) is 59.0 Å². The minimum atomic E-state index is -4.49. The number of hydrogen-bond donors (Lipinski definition) is 0. The van der Waals surface area contributed by atoms with Gasteiger partial charge in [-0.3, -0.25) is 0 Å². The van der Waals surface area contributed by atoms with E-state index in [4.69, 9.17) is 10.2 Å². The van der Waals surface area contributed by atoms with E-state index >= 15 is 0 Å². The van der Waals surface area contributed by atoms with Crippen molar-refractivity contribution in [1.29, 1.82) is 0 Å². The molecule has 29 heavy (non-hydrogen) atoms. The Morgan fingerprint density at radius 2 is 1.90 bits per heavy atom. The van der Waals surface area contributed by atoms with E-state index in [0.29, 0.717) is 11.8 Å². The average molecular weight is 482 g/mol. The Balaban J connectivity index is 0.000000207. The fraction of sp³-hybridized carbons (Fsp3) is 0.412. The SMILES string of the molecule is Cc1nnc(C2CCCC[N-]2)o1.[NH-]c1ccc(C(F)(F)F)c(-n2nccn2)c1.[Y]. The van der Waals surface area contributed by atoms with Crippen LogP contribution >= 0.6 is 0 Å². The van der Waals surface area contributed by atoms with Gasteiger partial charge >= 0.3 is 6.18 Å². The van der Waals surface area contributed by atoms with E-state index in [-0.39, 0.29) is 50.1 Å². The summed E-state index contributed by atoms with van der Waals surface area (Å²) in [5.74, 6) is 1.32. The molecule has 0 aliphatic carbocycles. The van der Waals surface area contributed by atoms with Crippen LogP contribution in [-0.2, 0) is 38.9 Å². The quantitative estimate of drug-likeness (QED) is 0.514. The molecule has 1 unspecified atom stereocenters. The predicted molar refractivity (Wildman–Crippen MR) is 94.2 cm³/mol. The third-order valence-electron chi connectivity index (χ3n) is 4.00. The van der Waals surface area contributed by atoms with Crippen LogP contribution in [0.1, 0.15) is 42.6 Å². The second-order valence-electron chi connectivity index (χ2n) is 6.13. The second-order valence-corrected chi connectivity index (χ2v) is 6.13. The van der Waals surface area contributed by atoms with Gasteiger partial charge in [-0.2, -0.15) is 28.2 Å². The first-order valence-corrected chi connectivity index (χ1v) is 8.61. The third kappa shape index (κ3) is 6.32. The molecule has 1 saturated heterocycles. The van der Waals surface area contributed by atoms with Gasteiger partial charge in [0.2, 0.25) is 5.89 Å². The fourth-order valence-corrected chi connectivity index (χ4v) is 2.71. The number of nitrogens with one attached hydrogen (secondary N) is 1. The minimum absolute atomic E-state index is 0. The van der Waals surface area contributed by atoms with Crippen molar-refractivity contribution in [2.75, 3.05) is 6.54 Å². The molecule has 1 aromatic carbocycles. The van der Waals surface area contributed by atoms with Gasteiger partial charge in [0.05, 0.1) is 23.6 Å². The van der Waals surface area contributed by atoms with Crippen LogP contribution in [0.5, 0.6) is 0 Å². The van der Waals surface area contributed by atoms with Crippen molar-refractivity contribution in [2.24, 2.45) is 0 Å². The largest absolute Gasteiger partial charge is 0.699 e. The molecular weight excluding hydrogens is 464 g/mol. The smallest absolute Gasteiger partial charge is 0.418 e. The molecule has 0 bridgehead atoms. The van der Waals surface area contributed by atoms with Crippen LogP contribution < -0.4 is 0 Å². The first kappa shape index (κ1) is 23.4. The zero-order chi connectivity index (χ0) is 20.1. The van der Waals surface area contributed by atoms with E-state index in [1.165, 1.54) is 25.2 Å². The van der Waals surface area contributed by atoms with Crippen molar-refractivity contribution in [3.63, 3.8) is 0 Å². The van der Waals surface area contributed by atoms with E-state index in [0.717, 1.165) is 36.0 Å². The first-order valence-electron chi connectivity index (χ1n) is 8.61. The summed E-state index contributed by atoms with van der Waals surface area (Å²) >= 11 is 0. The Hall–Kier alpha value is -1.85. The number of piperidine rings is 1. The molecule has 3 aromatic rings. The van der Waals surface area contributed by atoms with Crippen LogP contribution in [0.2, 0.25) is 0 Å². The van der Waals surface area contributed by atoms with Crippen molar-refractivity contribution in [1.82, 2.24) is 25.2 Å². The Morgan fingerprint density at radius 3 is 2.45 bits per heavy atom. The number of alkyl halides is 3. The zero-order valence-electron chi connectivity index (χ0n) is 15.6. The normalized spacial score (nSPS) is 16.5. The van der Waals surface area contributed by atoms with Crippen molar-refractivity contribution >= 4 is 5.69 Å². The number of aromatic nitrogens is 5. The van der Waals surface area contributed by atoms with Gasteiger partial charge < -0.3 is 15.5 Å². The number of halogens is 3. The Labute approximate surface area is 190 Å². The van der Waals surface area contributed by atoms with E-state index in [9.17, 15) is 13.2 Å². The summed E-state index contributed by atoms with van der Waals surface area (Å²) in [5, 5.41) is 19.4. The van der Waals surface area contributed by atoms with Crippen LogP contribution in [0.4, 0.5) is 18.9 Å². The number of hydrogen-bond acceptors (Lipinski definition) is 5. The van der Waals surface area contributed by atoms with Gasteiger partial charge in [0.15, 0.2) is 5.89 Å². The maximum Gasteiger partial charge on any atom is 0.418 e. The molecule has 1 aliphatic heterocycles. The molecule has 4 rings (SSSR count). The molecule has 3 heterocycles. The monoisotopic (exact) mass is 482 g/mol. The maximum absolute atomic E-state index is 12.6. The molecule has 8 nitrogen and oxygen atoms in total. The van der Waals surface area contributed by atoms with Gasteiger partial charge in [0, 0.05) is 39.6 Å². The van der Waals surface area contributed by atoms with Crippen molar-refractivity contribution < 1.29 is 50.3 Å². The molecule has 2 aromatic heterocycles. The Kier molecular flexibility index (Phi) is 8.29. The fourth-order valence-electron chi connectivity index (χ4n) is 2.71. The summed E-state index contributed by atoms with van der Waals surface area (Å²) in [5.41, 5.74) is 6.17. The van der Waals surface area contributed by atoms with E-state index in [1.807, 2.05) is 0 Å². The summed E-state index contributed by atoms with van der Waals surface area (Å²) in [4.78, 5) is 0.848. The van der Waals surface area contributed by atoms with Gasteiger partial charge in [-0.25, -0.2) is 0 Å². The maximum atomic E-state index is 12.6. The summed E-state index contributed by atoms with van der Waals surface area (Å²) in [6, 6.07) is 3.17. The van der Waals surface area contributed by atoms with E-state index in [2.05, 4.69) is 25.7 Å². The summed E-state index contributed by atoms with van der Waals surface area (Å²) in [6.07, 6.45) is 1.53. The first-order chi connectivity index (χ1) is 13.3. The molecule has 0 spiro atoms. The molecule has 0 saturated carbocycles. The summed E-state index contributed by atoms with van der Waals surface area (Å²) in [6.45, 7) is 2.74. The minimum Gasteiger partial charge on any atom is -0.699 e. The van der Waals surface area contributed by atoms with Gasteiger partial charge in [-0.15, -0.1) is 22.4 Å². The van der Waals surface area contributed by atoms with Gasteiger partial charge in [-0.1, -0.05) is 31.4 Å². The van der Waals surface area contributed by atoms with Crippen LogP contribution in [0, 0.1) is 6.92 Å². The summed E-state index contributed by atoms with van der Waals surface area (Å²) in [7, 11) is 0. The Bertz CT molecular complexity index is 893. The third-order valence-corrected chi connectivity index (χ3v) is 4.00. The van der Waals surface area contributed by atoms with E-state index < -0.39 is 11.7 Å². The van der Waals surface area contributed by atoms with Gasteiger partial charge in [-0.05, 0) is 12.1 Å². The predicted octanol–water partition coefficient (Wildman–Crippen LogP) is 4.94. The second kappa shape index (κ2) is 10.3. The van der Waals surface area contributed by atoms with Crippen LogP contribution in [0.15, 0.2) is 35.0 Å². The molecule has 1 atom stereocenters. The standard InChI is InChI=1S/C9H6F3N4.C8H12N3O.Y/c10-9(11,12)7-2-1-6(13)5-8(7)16-14-3-4-15-16;1-6-10-11-8(12-6)7-4-2-3-5-9-7;/h1-5,13H;7H,2-5H2,1H3;/q2*-1;. The number of aryl methyl sites for hydroxylation is 1. The molecule has 1 radical (unpaired) electrons.